The molecule has 1 atom stereocenters. The second-order valence-electron chi connectivity index (χ2n) is 7.95. The number of nitrogens with zero attached hydrogens (tertiary/aromatic N) is 2. The van der Waals surface area contributed by atoms with Crippen LogP contribution in [0.1, 0.15) is 49.1 Å². The first-order valence-electron chi connectivity index (χ1n) is 10.5. The SMILES string of the molecule is Cc1ccc(C(=O)N2CCc3cc4c(cc3C2c2ccccn2)OCCO4)c(C(=O)O)c1. The number of hydrogen-bond donors (Lipinski definition) is 1. The van der Waals surface area contributed by atoms with Gasteiger partial charge >= 0.3 is 5.97 Å². The van der Waals surface area contributed by atoms with Crippen molar-refractivity contribution < 1.29 is 24.2 Å². The molecule has 2 aliphatic rings. The van der Waals surface area contributed by atoms with E-state index >= 15 is 0 Å². The van der Waals surface area contributed by atoms with Crippen molar-refractivity contribution in [1.29, 1.82) is 0 Å². The number of carbonyl (C=O) groups is 2. The Morgan fingerprint density at radius 3 is 2.53 bits per heavy atom. The lowest BCUT2D eigenvalue weighted by Gasteiger charge is -2.38. The monoisotopic (exact) mass is 430 g/mol. The maximum absolute atomic E-state index is 13.7. The molecule has 7 heteroatoms. The molecule has 3 heterocycles. The quantitative estimate of drug-likeness (QED) is 0.682. The first-order chi connectivity index (χ1) is 15.5. The van der Waals surface area contributed by atoms with E-state index in [0.29, 0.717) is 43.4 Å². The molecule has 0 radical (unpaired) electrons. The van der Waals surface area contributed by atoms with E-state index in [-0.39, 0.29) is 17.0 Å². The number of aromatic nitrogens is 1. The summed E-state index contributed by atoms with van der Waals surface area (Å²) in [7, 11) is 0. The second kappa shape index (κ2) is 8.00. The predicted octanol–water partition coefficient (Wildman–Crippen LogP) is 3.65. The molecule has 162 valence electrons. The highest BCUT2D eigenvalue weighted by molar-refractivity contribution is 6.05. The molecule has 3 aromatic rings. The zero-order valence-electron chi connectivity index (χ0n) is 17.6. The summed E-state index contributed by atoms with van der Waals surface area (Å²) in [5, 5.41) is 9.70. The van der Waals surface area contributed by atoms with Gasteiger partial charge in [-0.15, -0.1) is 0 Å². The smallest absolute Gasteiger partial charge is 0.336 e. The van der Waals surface area contributed by atoms with Crippen molar-refractivity contribution in [3.8, 4) is 11.5 Å². The molecule has 1 unspecified atom stereocenters. The van der Waals surface area contributed by atoms with Crippen LogP contribution in [0.25, 0.3) is 0 Å². The Morgan fingerprint density at radius 2 is 1.81 bits per heavy atom. The van der Waals surface area contributed by atoms with Gasteiger partial charge in [0.1, 0.15) is 19.3 Å². The Kier molecular flexibility index (Phi) is 5.01. The lowest BCUT2D eigenvalue weighted by atomic mass is 9.88. The molecule has 2 aliphatic heterocycles. The lowest BCUT2D eigenvalue weighted by Crippen LogP contribution is -2.41. The van der Waals surface area contributed by atoms with E-state index in [1.165, 1.54) is 6.07 Å². The van der Waals surface area contributed by atoms with Crippen molar-refractivity contribution in [2.45, 2.75) is 19.4 Å². The van der Waals surface area contributed by atoms with Crippen LogP contribution in [0.15, 0.2) is 54.7 Å². The van der Waals surface area contributed by atoms with Crippen molar-refractivity contribution in [1.82, 2.24) is 9.88 Å². The minimum absolute atomic E-state index is 0.00254. The minimum Gasteiger partial charge on any atom is -0.486 e. The molecule has 1 N–H and O–H groups in total. The molecular weight excluding hydrogens is 408 g/mol. The van der Waals surface area contributed by atoms with Gasteiger partial charge in [-0.05, 0) is 60.9 Å². The van der Waals surface area contributed by atoms with Gasteiger partial charge in [0.2, 0.25) is 0 Å². The van der Waals surface area contributed by atoms with E-state index in [1.807, 2.05) is 30.3 Å². The number of rotatable bonds is 3. The number of fused-ring (bicyclic) bond motifs is 2. The molecular formula is C25H22N2O5. The van der Waals surface area contributed by atoms with Crippen molar-refractivity contribution >= 4 is 11.9 Å². The number of ether oxygens (including phenoxy) is 2. The molecule has 0 aliphatic carbocycles. The summed E-state index contributed by atoms with van der Waals surface area (Å²) in [4.78, 5) is 31.8. The van der Waals surface area contributed by atoms with Crippen LogP contribution in [0, 0.1) is 6.92 Å². The molecule has 1 amide bonds. The second-order valence-corrected chi connectivity index (χ2v) is 7.95. The van der Waals surface area contributed by atoms with Crippen molar-refractivity contribution in [2.24, 2.45) is 0 Å². The maximum atomic E-state index is 13.7. The van der Waals surface area contributed by atoms with Crippen LogP contribution >= 0.6 is 0 Å². The highest BCUT2D eigenvalue weighted by Gasteiger charge is 2.36. The molecule has 5 rings (SSSR count). The zero-order valence-corrected chi connectivity index (χ0v) is 17.6. The molecule has 1 aromatic heterocycles. The van der Waals surface area contributed by atoms with E-state index < -0.39 is 12.0 Å². The fourth-order valence-electron chi connectivity index (χ4n) is 4.41. The van der Waals surface area contributed by atoms with Gasteiger partial charge in [-0.2, -0.15) is 0 Å². The van der Waals surface area contributed by atoms with Crippen LogP contribution in [0.3, 0.4) is 0 Å². The summed E-state index contributed by atoms with van der Waals surface area (Å²) in [6, 6.07) is 13.9. The van der Waals surface area contributed by atoms with Gasteiger partial charge in [-0.3, -0.25) is 9.78 Å². The summed E-state index contributed by atoms with van der Waals surface area (Å²) in [6.45, 7) is 3.21. The molecule has 2 aromatic carbocycles. The highest BCUT2D eigenvalue weighted by Crippen LogP contribution is 2.42. The number of hydrogen-bond acceptors (Lipinski definition) is 5. The Bertz CT molecular complexity index is 1210. The van der Waals surface area contributed by atoms with Crippen LogP contribution in [0.5, 0.6) is 11.5 Å². The summed E-state index contributed by atoms with van der Waals surface area (Å²) in [6.07, 6.45) is 2.31. The van der Waals surface area contributed by atoms with Crippen molar-refractivity contribution in [3.05, 3.63) is 88.2 Å². The van der Waals surface area contributed by atoms with Crippen molar-refractivity contribution in [2.75, 3.05) is 19.8 Å². The number of pyridine rings is 1. The molecule has 0 saturated carbocycles. The van der Waals surface area contributed by atoms with E-state index in [1.54, 1.807) is 30.2 Å². The van der Waals surface area contributed by atoms with Crippen LogP contribution in [0.2, 0.25) is 0 Å². The van der Waals surface area contributed by atoms with E-state index in [9.17, 15) is 14.7 Å². The standard InChI is InChI=1S/C25H22N2O5/c1-15-5-6-17(19(12-15)25(29)30)24(28)27-9-7-16-13-21-22(32-11-10-31-21)14-18(16)23(27)20-4-2-3-8-26-20/h2-6,8,12-14,23H,7,9-11H2,1H3,(H,29,30). The Hall–Kier alpha value is -3.87. The molecule has 32 heavy (non-hydrogen) atoms. The van der Waals surface area contributed by atoms with Crippen LogP contribution in [0.4, 0.5) is 0 Å². The normalized spacial score (nSPS) is 16.9. The maximum Gasteiger partial charge on any atom is 0.336 e. The van der Waals surface area contributed by atoms with Gasteiger partial charge < -0.3 is 19.5 Å². The number of carbonyl (C=O) groups excluding carboxylic acids is 1. The number of benzene rings is 2. The molecule has 7 nitrogen and oxygen atoms in total. The number of aryl methyl sites for hydroxylation is 1. The summed E-state index contributed by atoms with van der Waals surface area (Å²) in [5.74, 6) is -0.102. The van der Waals surface area contributed by atoms with E-state index in [4.69, 9.17) is 9.47 Å². The number of amides is 1. The summed E-state index contributed by atoms with van der Waals surface area (Å²) in [5.41, 5.74) is 3.65. The first-order valence-corrected chi connectivity index (χ1v) is 10.5. The number of carboxylic acids is 1. The van der Waals surface area contributed by atoms with Gasteiger partial charge in [-0.25, -0.2) is 4.79 Å². The summed E-state index contributed by atoms with van der Waals surface area (Å²) >= 11 is 0. The third-order valence-corrected chi connectivity index (χ3v) is 5.90. The topological polar surface area (TPSA) is 89.0 Å². The predicted molar refractivity (Wildman–Crippen MR) is 116 cm³/mol. The molecule has 0 saturated heterocycles. The minimum atomic E-state index is -1.12. The lowest BCUT2D eigenvalue weighted by molar-refractivity contribution is 0.0651. The Labute approximate surface area is 185 Å². The van der Waals surface area contributed by atoms with Gasteiger partial charge in [-0.1, -0.05) is 17.7 Å². The Balaban J connectivity index is 1.63. The van der Waals surface area contributed by atoms with Crippen LogP contribution in [-0.2, 0) is 6.42 Å². The van der Waals surface area contributed by atoms with Crippen LogP contribution in [-0.4, -0.2) is 46.6 Å². The molecule has 0 bridgehead atoms. The number of carboxylic acid groups (broad SMARTS) is 1. The van der Waals surface area contributed by atoms with Crippen molar-refractivity contribution in [3.63, 3.8) is 0 Å². The average molecular weight is 430 g/mol. The Morgan fingerprint density at radius 1 is 1.03 bits per heavy atom. The highest BCUT2D eigenvalue weighted by atomic mass is 16.6. The van der Waals surface area contributed by atoms with E-state index in [2.05, 4.69) is 4.98 Å². The fourth-order valence-corrected chi connectivity index (χ4v) is 4.41. The van der Waals surface area contributed by atoms with Gasteiger partial charge in [0, 0.05) is 12.7 Å². The first kappa shape index (κ1) is 20.1. The van der Waals surface area contributed by atoms with Gasteiger partial charge in [0.25, 0.3) is 5.91 Å². The molecule has 0 spiro atoms. The largest absolute Gasteiger partial charge is 0.486 e. The third kappa shape index (κ3) is 3.45. The van der Waals surface area contributed by atoms with Crippen LogP contribution < -0.4 is 9.47 Å². The van der Waals surface area contributed by atoms with E-state index in [0.717, 1.165) is 16.7 Å². The van der Waals surface area contributed by atoms with Gasteiger partial charge in [0.05, 0.1) is 16.8 Å². The molecule has 0 fully saturated rings. The average Bonchev–Trinajstić information content (AvgIpc) is 2.82. The number of aromatic carboxylic acids is 1. The third-order valence-electron chi connectivity index (χ3n) is 5.90. The summed E-state index contributed by atoms with van der Waals surface area (Å²) < 4.78 is 11.5. The zero-order chi connectivity index (χ0) is 22.2. The fraction of sp³-hybridized carbons (Fsp3) is 0.240. The van der Waals surface area contributed by atoms with Gasteiger partial charge in [0.15, 0.2) is 11.5 Å².